The molecule has 0 fully saturated rings. The van der Waals surface area contributed by atoms with Crippen LogP contribution in [-0.4, -0.2) is 29.4 Å². The summed E-state index contributed by atoms with van der Waals surface area (Å²) in [4.78, 5) is 11.0. The molecule has 5 heteroatoms. The van der Waals surface area contributed by atoms with Crippen LogP contribution in [0.15, 0.2) is 39.1 Å². The van der Waals surface area contributed by atoms with Crippen molar-refractivity contribution in [2.45, 2.75) is 11.8 Å². The lowest BCUT2D eigenvalue weighted by atomic mass is 10.2. The van der Waals surface area contributed by atoms with E-state index in [-0.39, 0.29) is 0 Å². The van der Waals surface area contributed by atoms with Crippen molar-refractivity contribution in [1.29, 1.82) is 0 Å². The van der Waals surface area contributed by atoms with Gasteiger partial charge >= 0.3 is 0 Å². The van der Waals surface area contributed by atoms with E-state index >= 15 is 0 Å². The fourth-order valence-corrected chi connectivity index (χ4v) is 5.49. The monoisotopic (exact) mass is 318 g/mol. The highest BCUT2D eigenvalue weighted by Crippen LogP contribution is 2.44. The number of hydrogen-bond donors (Lipinski definition) is 0. The van der Waals surface area contributed by atoms with E-state index in [1.165, 1.54) is 35.6 Å². The largest absolute Gasteiger partial charge is 0.317 e. The molecule has 0 unspecified atom stereocenters. The predicted molar refractivity (Wildman–Crippen MR) is 92.8 cm³/mol. The number of hydrogen-bond acceptors (Lipinski definition) is 5. The Hall–Kier alpha value is -0.910. The maximum Gasteiger partial charge on any atom is 0.168 e. The van der Waals surface area contributed by atoms with E-state index < -0.39 is 0 Å². The molecule has 3 heterocycles. The van der Waals surface area contributed by atoms with Gasteiger partial charge in [-0.3, -0.25) is 4.99 Å². The minimum atomic E-state index is 0.931. The summed E-state index contributed by atoms with van der Waals surface area (Å²) in [5.41, 5.74) is 1.37. The van der Waals surface area contributed by atoms with Crippen LogP contribution < -0.4 is 0 Å². The predicted octanol–water partition coefficient (Wildman–Crippen LogP) is 4.73. The topological polar surface area (TPSA) is 15.6 Å². The quantitative estimate of drug-likeness (QED) is 0.744. The molecule has 0 saturated heterocycles. The van der Waals surface area contributed by atoms with Crippen molar-refractivity contribution >= 4 is 55.8 Å². The summed E-state index contributed by atoms with van der Waals surface area (Å²) in [6.07, 6.45) is 2.13. The Morgan fingerprint density at radius 2 is 2.20 bits per heavy atom. The molecule has 20 heavy (non-hydrogen) atoms. The first-order chi connectivity index (χ1) is 9.76. The van der Waals surface area contributed by atoms with E-state index in [9.17, 15) is 0 Å². The number of benzene rings is 1. The molecule has 0 spiro atoms. The van der Waals surface area contributed by atoms with Gasteiger partial charge in [0.2, 0.25) is 0 Å². The molecule has 0 bridgehead atoms. The van der Waals surface area contributed by atoms with Gasteiger partial charge in [-0.05, 0) is 36.8 Å². The van der Waals surface area contributed by atoms with Gasteiger partial charge in [0.1, 0.15) is 0 Å². The average molecular weight is 318 g/mol. The molecule has 4 rings (SSSR count). The SMILES string of the molecule is CSc1ccc2cc(C3=C(C)SC4=NCCN43)sc2c1. The first-order valence-corrected chi connectivity index (χ1v) is 9.41. The molecule has 0 N–H and O–H groups in total. The Morgan fingerprint density at radius 1 is 1.30 bits per heavy atom. The van der Waals surface area contributed by atoms with Gasteiger partial charge in [-0.1, -0.05) is 17.8 Å². The Labute approximate surface area is 131 Å². The molecule has 0 saturated carbocycles. The number of amidine groups is 1. The minimum absolute atomic E-state index is 0.931. The summed E-state index contributed by atoms with van der Waals surface area (Å²) in [7, 11) is 0. The third-order valence-corrected chi connectivity index (χ3v) is 6.47. The molecule has 1 aromatic heterocycles. The molecule has 2 aliphatic heterocycles. The first kappa shape index (κ1) is 12.8. The Kier molecular flexibility index (Phi) is 3.09. The fourth-order valence-electron chi connectivity index (χ4n) is 2.66. The van der Waals surface area contributed by atoms with Crippen LogP contribution in [0, 0.1) is 0 Å². The van der Waals surface area contributed by atoms with Crippen LogP contribution >= 0.6 is 34.9 Å². The summed E-state index contributed by atoms with van der Waals surface area (Å²) in [5, 5.41) is 2.53. The van der Waals surface area contributed by atoms with Gasteiger partial charge < -0.3 is 4.90 Å². The lowest BCUT2D eigenvalue weighted by molar-refractivity contribution is 0.649. The van der Waals surface area contributed by atoms with Crippen LogP contribution in [0.3, 0.4) is 0 Å². The van der Waals surface area contributed by atoms with E-state index in [0.29, 0.717) is 0 Å². The third kappa shape index (κ3) is 1.91. The second-order valence-electron chi connectivity index (χ2n) is 4.84. The molecule has 0 radical (unpaired) electrons. The maximum atomic E-state index is 4.57. The van der Waals surface area contributed by atoms with Crippen molar-refractivity contribution in [3.05, 3.63) is 34.0 Å². The molecular weight excluding hydrogens is 304 g/mol. The molecule has 1 aromatic carbocycles. The number of fused-ring (bicyclic) bond motifs is 2. The minimum Gasteiger partial charge on any atom is -0.317 e. The zero-order valence-corrected chi connectivity index (χ0v) is 13.8. The van der Waals surface area contributed by atoms with Crippen molar-refractivity contribution in [3.63, 3.8) is 0 Å². The molecule has 0 amide bonds. The first-order valence-electron chi connectivity index (χ1n) is 6.55. The Bertz CT molecular complexity index is 758. The number of allylic oxidation sites excluding steroid dienone is 1. The average Bonchev–Trinajstić information content (AvgIpc) is 3.10. The highest BCUT2D eigenvalue weighted by molar-refractivity contribution is 8.17. The van der Waals surface area contributed by atoms with Gasteiger partial charge in [-0.2, -0.15) is 0 Å². The van der Waals surface area contributed by atoms with Gasteiger partial charge in [-0.25, -0.2) is 0 Å². The summed E-state index contributed by atoms with van der Waals surface area (Å²) in [5.74, 6) is 0. The number of aliphatic imine (C=N–C) groups is 1. The molecule has 2 aromatic rings. The zero-order chi connectivity index (χ0) is 13.7. The van der Waals surface area contributed by atoms with E-state index in [2.05, 4.69) is 47.3 Å². The molecule has 2 nitrogen and oxygen atoms in total. The van der Waals surface area contributed by atoms with Crippen molar-refractivity contribution in [2.24, 2.45) is 4.99 Å². The van der Waals surface area contributed by atoms with Gasteiger partial charge in [0.05, 0.1) is 17.1 Å². The van der Waals surface area contributed by atoms with Crippen molar-refractivity contribution < 1.29 is 0 Å². The van der Waals surface area contributed by atoms with Gasteiger partial charge in [-0.15, -0.1) is 23.1 Å². The van der Waals surface area contributed by atoms with Crippen LogP contribution in [-0.2, 0) is 0 Å². The lowest BCUT2D eigenvalue weighted by Crippen LogP contribution is -2.19. The number of thiophene rings is 1. The molecule has 102 valence electrons. The van der Waals surface area contributed by atoms with E-state index in [1.54, 1.807) is 11.8 Å². The van der Waals surface area contributed by atoms with E-state index in [4.69, 9.17) is 0 Å². The van der Waals surface area contributed by atoms with E-state index in [1.807, 2.05) is 23.1 Å². The summed E-state index contributed by atoms with van der Waals surface area (Å²) >= 11 is 5.51. The van der Waals surface area contributed by atoms with Gasteiger partial charge in [0.15, 0.2) is 5.17 Å². The standard InChI is InChI=1S/C15H14N2S3/c1-9-14(17-6-5-16-15(17)19-9)13-7-10-3-4-11(18-2)8-12(10)20-13/h3-4,7-8H,5-6H2,1-2H3. The zero-order valence-electron chi connectivity index (χ0n) is 11.3. The normalized spacial score (nSPS) is 18.1. The van der Waals surface area contributed by atoms with Crippen LogP contribution in [0.25, 0.3) is 15.8 Å². The summed E-state index contributed by atoms with van der Waals surface area (Å²) < 4.78 is 1.38. The summed E-state index contributed by atoms with van der Waals surface area (Å²) in [6, 6.07) is 9.06. The highest BCUT2D eigenvalue weighted by Gasteiger charge is 2.31. The smallest absolute Gasteiger partial charge is 0.168 e. The highest BCUT2D eigenvalue weighted by atomic mass is 32.2. The van der Waals surface area contributed by atoms with Crippen molar-refractivity contribution in [2.75, 3.05) is 19.3 Å². The number of rotatable bonds is 2. The Balaban J connectivity index is 1.82. The Morgan fingerprint density at radius 3 is 3.05 bits per heavy atom. The number of thioether (sulfide) groups is 2. The molecule has 0 aliphatic carbocycles. The number of nitrogens with zero attached hydrogens (tertiary/aromatic N) is 2. The molecule has 0 atom stereocenters. The second-order valence-corrected chi connectivity index (χ2v) is 7.98. The summed E-state index contributed by atoms with van der Waals surface area (Å²) in [6.45, 7) is 4.17. The van der Waals surface area contributed by atoms with Crippen molar-refractivity contribution in [3.8, 4) is 0 Å². The second kappa shape index (κ2) is 4.83. The third-order valence-electron chi connectivity index (χ3n) is 3.61. The fraction of sp³-hybridized carbons (Fsp3) is 0.267. The van der Waals surface area contributed by atoms with E-state index in [0.717, 1.165) is 13.1 Å². The van der Waals surface area contributed by atoms with Gasteiger partial charge in [0, 0.05) is 21.0 Å². The maximum absolute atomic E-state index is 4.57. The van der Waals surface area contributed by atoms with Gasteiger partial charge in [0.25, 0.3) is 0 Å². The van der Waals surface area contributed by atoms with Crippen LogP contribution in [0.1, 0.15) is 11.8 Å². The van der Waals surface area contributed by atoms with Crippen LogP contribution in [0.2, 0.25) is 0 Å². The molecule has 2 aliphatic rings. The lowest BCUT2D eigenvalue weighted by Gasteiger charge is -2.15. The van der Waals surface area contributed by atoms with Crippen LogP contribution in [0.5, 0.6) is 0 Å². The van der Waals surface area contributed by atoms with Crippen molar-refractivity contribution in [1.82, 2.24) is 4.90 Å². The molecular formula is C15H14N2S3. The van der Waals surface area contributed by atoms with Crippen LogP contribution in [0.4, 0.5) is 0 Å².